The van der Waals surface area contributed by atoms with Crippen LogP contribution in [0, 0.1) is 0 Å². The van der Waals surface area contributed by atoms with Crippen LogP contribution in [0.5, 0.6) is 0 Å². The Balaban J connectivity index is 2.68. The molecule has 0 unspecified atom stereocenters. The molecule has 1 atom stereocenters. The fourth-order valence-corrected chi connectivity index (χ4v) is 1.68. The number of nitrogens with zero attached hydrogens (tertiary/aromatic N) is 2. The van der Waals surface area contributed by atoms with Crippen molar-refractivity contribution in [3.05, 3.63) is 0 Å². The molecule has 1 aliphatic rings. The maximum atomic E-state index is 11.8. The van der Waals surface area contributed by atoms with Crippen LogP contribution >= 0.6 is 0 Å². The van der Waals surface area contributed by atoms with E-state index in [0.717, 1.165) is 11.3 Å². The smallest absolute Gasteiger partial charge is 0.334 e. The Morgan fingerprint density at radius 2 is 1.74 bits per heavy atom. The summed E-state index contributed by atoms with van der Waals surface area (Å²) < 4.78 is 0. The van der Waals surface area contributed by atoms with E-state index in [4.69, 9.17) is 0 Å². The first-order valence-corrected chi connectivity index (χ1v) is 6.39. The van der Waals surface area contributed by atoms with Crippen molar-refractivity contribution < 1.29 is 19.2 Å². The molecule has 0 radical (unpaired) electrons. The lowest BCUT2D eigenvalue weighted by molar-refractivity contribution is -0.144. The summed E-state index contributed by atoms with van der Waals surface area (Å²) in [5.41, 5.74) is 0. The van der Waals surface area contributed by atoms with Crippen LogP contribution in [0.4, 0.5) is 4.79 Å². The second-order valence-corrected chi connectivity index (χ2v) is 4.51. The standard InChI is InChI=1S/C12H19N3O4/c1-4-6-14-10(17)11(18)15(12(14)19)7-9(16)13-8(3)5-2/h8H,4-7H2,1-3H3,(H,13,16)/t8-/m0/s1. The van der Waals surface area contributed by atoms with Crippen molar-refractivity contribution in [3.63, 3.8) is 0 Å². The Kier molecular flexibility index (Phi) is 5.02. The van der Waals surface area contributed by atoms with Crippen LogP contribution in [-0.4, -0.2) is 52.7 Å². The monoisotopic (exact) mass is 269 g/mol. The molecule has 1 N–H and O–H groups in total. The summed E-state index contributed by atoms with van der Waals surface area (Å²) in [6.07, 6.45) is 1.31. The third-order valence-electron chi connectivity index (χ3n) is 2.90. The summed E-state index contributed by atoms with van der Waals surface area (Å²) >= 11 is 0. The zero-order valence-corrected chi connectivity index (χ0v) is 11.4. The molecule has 19 heavy (non-hydrogen) atoms. The van der Waals surface area contributed by atoms with E-state index in [9.17, 15) is 19.2 Å². The predicted octanol–water partition coefficient (Wildman–Crippen LogP) is 0.102. The zero-order valence-electron chi connectivity index (χ0n) is 11.4. The molecule has 1 aliphatic heterocycles. The van der Waals surface area contributed by atoms with Crippen LogP contribution in [0.15, 0.2) is 0 Å². The van der Waals surface area contributed by atoms with Crippen LogP contribution in [0.25, 0.3) is 0 Å². The molecule has 5 amide bonds. The highest BCUT2D eigenvalue weighted by molar-refractivity contribution is 6.45. The normalized spacial score (nSPS) is 17.1. The molecule has 0 aromatic heterocycles. The molecule has 1 saturated heterocycles. The van der Waals surface area contributed by atoms with Gasteiger partial charge in [0.2, 0.25) is 5.91 Å². The van der Waals surface area contributed by atoms with Crippen LogP contribution < -0.4 is 5.32 Å². The first-order chi connectivity index (χ1) is 8.92. The van der Waals surface area contributed by atoms with Crippen LogP contribution in [0.1, 0.15) is 33.6 Å². The highest BCUT2D eigenvalue weighted by Crippen LogP contribution is 2.12. The second-order valence-electron chi connectivity index (χ2n) is 4.51. The Hall–Kier alpha value is -1.92. The number of nitrogens with one attached hydrogen (secondary N) is 1. The van der Waals surface area contributed by atoms with Gasteiger partial charge in [-0.05, 0) is 19.8 Å². The summed E-state index contributed by atoms with van der Waals surface area (Å²) in [4.78, 5) is 48.2. The van der Waals surface area contributed by atoms with Crippen LogP contribution in [-0.2, 0) is 14.4 Å². The number of carbonyl (C=O) groups is 4. The van der Waals surface area contributed by atoms with Gasteiger partial charge in [-0.3, -0.25) is 19.3 Å². The van der Waals surface area contributed by atoms with E-state index in [2.05, 4.69) is 5.32 Å². The van der Waals surface area contributed by atoms with Gasteiger partial charge in [-0.2, -0.15) is 0 Å². The number of urea groups is 1. The largest absolute Gasteiger partial charge is 0.352 e. The van der Waals surface area contributed by atoms with Crippen LogP contribution in [0.3, 0.4) is 0 Å². The maximum Gasteiger partial charge on any atom is 0.334 e. The Morgan fingerprint density at radius 3 is 2.26 bits per heavy atom. The van der Waals surface area contributed by atoms with E-state index >= 15 is 0 Å². The second kappa shape index (κ2) is 6.31. The van der Waals surface area contributed by atoms with E-state index < -0.39 is 30.3 Å². The topological polar surface area (TPSA) is 86.8 Å². The minimum atomic E-state index is -0.933. The predicted molar refractivity (Wildman–Crippen MR) is 67.0 cm³/mol. The van der Waals surface area contributed by atoms with E-state index in [1.807, 2.05) is 13.8 Å². The lowest BCUT2D eigenvalue weighted by atomic mass is 10.2. The molecule has 7 heteroatoms. The zero-order chi connectivity index (χ0) is 14.6. The molecule has 1 heterocycles. The van der Waals surface area contributed by atoms with Crippen molar-refractivity contribution in [3.8, 4) is 0 Å². The SMILES string of the molecule is CCCN1C(=O)C(=O)N(CC(=O)N[C@@H](C)CC)C1=O. The van der Waals surface area contributed by atoms with Crippen molar-refractivity contribution in [1.82, 2.24) is 15.1 Å². The molecule has 0 saturated carbocycles. The third kappa shape index (κ3) is 3.30. The van der Waals surface area contributed by atoms with Gasteiger partial charge >= 0.3 is 17.8 Å². The van der Waals surface area contributed by atoms with E-state index in [-0.39, 0.29) is 12.6 Å². The fourth-order valence-electron chi connectivity index (χ4n) is 1.68. The highest BCUT2D eigenvalue weighted by Gasteiger charge is 2.44. The molecule has 0 aromatic carbocycles. The number of amides is 5. The molecule has 1 fully saturated rings. The van der Waals surface area contributed by atoms with Gasteiger partial charge in [-0.25, -0.2) is 9.69 Å². The van der Waals surface area contributed by atoms with Crippen molar-refractivity contribution in [2.24, 2.45) is 0 Å². The van der Waals surface area contributed by atoms with Gasteiger partial charge in [0.05, 0.1) is 0 Å². The van der Waals surface area contributed by atoms with Gasteiger partial charge in [0.15, 0.2) is 0 Å². The first-order valence-electron chi connectivity index (χ1n) is 6.39. The van der Waals surface area contributed by atoms with E-state index in [1.54, 1.807) is 6.92 Å². The number of imide groups is 2. The third-order valence-corrected chi connectivity index (χ3v) is 2.90. The molecule has 0 spiro atoms. The minimum Gasteiger partial charge on any atom is -0.352 e. The molecular formula is C12H19N3O4. The number of carbonyl (C=O) groups excluding carboxylic acids is 4. The average Bonchev–Trinajstić information content (AvgIpc) is 2.56. The van der Waals surface area contributed by atoms with Gasteiger partial charge in [0, 0.05) is 12.6 Å². The fraction of sp³-hybridized carbons (Fsp3) is 0.667. The number of rotatable bonds is 6. The quantitative estimate of drug-likeness (QED) is 0.547. The van der Waals surface area contributed by atoms with Crippen molar-refractivity contribution in [1.29, 1.82) is 0 Å². The van der Waals surface area contributed by atoms with Gasteiger partial charge in [0.25, 0.3) is 0 Å². The van der Waals surface area contributed by atoms with Gasteiger partial charge < -0.3 is 5.32 Å². The van der Waals surface area contributed by atoms with Gasteiger partial charge in [-0.15, -0.1) is 0 Å². The lowest BCUT2D eigenvalue weighted by Crippen LogP contribution is -2.43. The van der Waals surface area contributed by atoms with Gasteiger partial charge in [-0.1, -0.05) is 13.8 Å². The highest BCUT2D eigenvalue weighted by atomic mass is 16.2. The molecule has 0 aromatic rings. The number of hydrogen-bond acceptors (Lipinski definition) is 4. The van der Waals surface area contributed by atoms with Crippen molar-refractivity contribution >= 4 is 23.8 Å². The maximum absolute atomic E-state index is 11.8. The molecule has 106 valence electrons. The Labute approximate surface area is 111 Å². The summed E-state index contributed by atoms with van der Waals surface area (Å²) in [5, 5.41) is 2.64. The molecule has 7 nitrogen and oxygen atoms in total. The summed E-state index contributed by atoms with van der Waals surface area (Å²) in [6, 6.07) is -0.751. The molecule has 1 rings (SSSR count). The molecule has 0 bridgehead atoms. The summed E-state index contributed by atoms with van der Waals surface area (Å²) in [5.74, 6) is -2.23. The summed E-state index contributed by atoms with van der Waals surface area (Å²) in [6.45, 7) is 5.30. The molecule has 0 aliphatic carbocycles. The molecular weight excluding hydrogens is 250 g/mol. The van der Waals surface area contributed by atoms with E-state index in [0.29, 0.717) is 11.3 Å². The van der Waals surface area contributed by atoms with Crippen molar-refractivity contribution in [2.75, 3.05) is 13.1 Å². The van der Waals surface area contributed by atoms with Gasteiger partial charge in [0.1, 0.15) is 6.54 Å². The van der Waals surface area contributed by atoms with Crippen molar-refractivity contribution in [2.45, 2.75) is 39.7 Å². The Morgan fingerprint density at radius 1 is 1.16 bits per heavy atom. The van der Waals surface area contributed by atoms with E-state index in [1.165, 1.54) is 0 Å². The average molecular weight is 269 g/mol. The Bertz CT molecular complexity index is 408. The minimum absolute atomic E-state index is 0.0391. The number of hydrogen-bond donors (Lipinski definition) is 1. The first kappa shape index (κ1) is 15.1. The summed E-state index contributed by atoms with van der Waals surface area (Å²) in [7, 11) is 0. The van der Waals surface area contributed by atoms with Crippen LogP contribution in [0.2, 0.25) is 0 Å². The lowest BCUT2D eigenvalue weighted by Gasteiger charge is -2.16.